The van der Waals surface area contributed by atoms with Gasteiger partial charge in [-0.1, -0.05) is 36.0 Å². The first-order chi connectivity index (χ1) is 9.79. The van der Waals surface area contributed by atoms with E-state index in [1.165, 1.54) is 21.6 Å². The minimum Gasteiger partial charge on any atom is -0.293 e. The lowest BCUT2D eigenvalue weighted by molar-refractivity contribution is 0.0996. The molecule has 1 aromatic carbocycles. The van der Waals surface area contributed by atoms with Gasteiger partial charge in [0.1, 0.15) is 4.88 Å². The van der Waals surface area contributed by atoms with Gasteiger partial charge in [0.15, 0.2) is 5.78 Å². The molecule has 0 saturated carbocycles. The predicted molar refractivity (Wildman–Crippen MR) is 83.8 cm³/mol. The summed E-state index contributed by atoms with van der Waals surface area (Å²) in [6.07, 6.45) is 2.24. The third kappa shape index (κ3) is 2.51. The number of nitrogens with zero attached hydrogens (tertiary/aromatic N) is 2. The summed E-state index contributed by atoms with van der Waals surface area (Å²) in [5, 5.41) is 7.33. The number of Topliss-reactive ketones (excluding diaryl/α,β-unsaturated/α-hetero) is 1. The monoisotopic (exact) mass is 302 g/mol. The van der Waals surface area contributed by atoms with E-state index in [1.807, 2.05) is 12.1 Å². The van der Waals surface area contributed by atoms with E-state index in [4.69, 9.17) is 0 Å². The molecule has 3 rings (SSSR count). The number of aryl methyl sites for hydroxylation is 1. The molecule has 0 amide bonds. The number of carbonyl (C=O) groups excluding carboxylic acids is 1. The standard InChI is InChI=1S/C15H14N2OS2/c1-2-5-12-15(20-17-16-12)13(18)8-10-9-19-14-7-4-3-6-11(10)14/h3-4,6-7,9H,2,5,8H2,1H3. The van der Waals surface area contributed by atoms with Gasteiger partial charge in [0.2, 0.25) is 0 Å². The Labute approximate surface area is 125 Å². The van der Waals surface area contributed by atoms with Gasteiger partial charge in [0.25, 0.3) is 0 Å². The van der Waals surface area contributed by atoms with Crippen molar-refractivity contribution in [2.75, 3.05) is 0 Å². The van der Waals surface area contributed by atoms with Crippen LogP contribution < -0.4 is 0 Å². The Balaban J connectivity index is 1.87. The molecule has 0 aliphatic carbocycles. The maximum atomic E-state index is 12.4. The lowest BCUT2D eigenvalue weighted by Crippen LogP contribution is -2.04. The zero-order chi connectivity index (χ0) is 13.9. The van der Waals surface area contributed by atoms with E-state index in [0.29, 0.717) is 6.42 Å². The lowest BCUT2D eigenvalue weighted by Gasteiger charge is -1.99. The van der Waals surface area contributed by atoms with E-state index in [9.17, 15) is 4.79 Å². The number of thiophene rings is 1. The molecule has 0 bridgehead atoms. The van der Waals surface area contributed by atoms with E-state index in [0.717, 1.165) is 29.0 Å². The van der Waals surface area contributed by atoms with Crippen molar-refractivity contribution >= 4 is 38.7 Å². The molecule has 0 N–H and O–H groups in total. The average Bonchev–Trinajstić information content (AvgIpc) is 3.07. The van der Waals surface area contributed by atoms with Crippen LogP contribution in [-0.2, 0) is 12.8 Å². The van der Waals surface area contributed by atoms with Gasteiger partial charge in [-0.25, -0.2) is 0 Å². The summed E-state index contributed by atoms with van der Waals surface area (Å²) in [5.41, 5.74) is 1.95. The van der Waals surface area contributed by atoms with Gasteiger partial charge in [-0.2, -0.15) is 0 Å². The smallest absolute Gasteiger partial charge is 0.180 e. The summed E-state index contributed by atoms with van der Waals surface area (Å²) in [5.74, 6) is 0.131. The SMILES string of the molecule is CCCc1nnsc1C(=O)Cc1csc2ccccc12. The molecule has 0 spiro atoms. The van der Waals surface area contributed by atoms with Gasteiger partial charge in [-0.15, -0.1) is 16.4 Å². The van der Waals surface area contributed by atoms with E-state index < -0.39 is 0 Å². The Morgan fingerprint density at radius 3 is 3.00 bits per heavy atom. The van der Waals surface area contributed by atoms with Crippen LogP contribution >= 0.6 is 22.9 Å². The van der Waals surface area contributed by atoms with Crippen molar-refractivity contribution < 1.29 is 4.79 Å². The van der Waals surface area contributed by atoms with Gasteiger partial charge in [-0.3, -0.25) is 4.79 Å². The Morgan fingerprint density at radius 2 is 2.15 bits per heavy atom. The van der Waals surface area contributed by atoms with Gasteiger partial charge in [0.05, 0.1) is 5.69 Å². The Morgan fingerprint density at radius 1 is 1.30 bits per heavy atom. The molecule has 20 heavy (non-hydrogen) atoms. The molecular formula is C15H14N2OS2. The highest BCUT2D eigenvalue weighted by molar-refractivity contribution is 7.17. The fraction of sp³-hybridized carbons (Fsp3) is 0.267. The fourth-order valence-electron chi connectivity index (χ4n) is 2.24. The summed E-state index contributed by atoms with van der Waals surface area (Å²) < 4.78 is 5.16. The minimum absolute atomic E-state index is 0.131. The predicted octanol–water partition coefficient (Wildman–Crippen LogP) is 4.13. The van der Waals surface area contributed by atoms with Crippen molar-refractivity contribution in [2.24, 2.45) is 0 Å². The van der Waals surface area contributed by atoms with E-state index in [1.54, 1.807) is 11.3 Å². The molecule has 2 aromatic heterocycles. The second kappa shape index (κ2) is 5.81. The van der Waals surface area contributed by atoms with Crippen molar-refractivity contribution in [3.05, 3.63) is 45.8 Å². The topological polar surface area (TPSA) is 42.9 Å². The van der Waals surface area contributed by atoms with Crippen LogP contribution in [-0.4, -0.2) is 15.4 Å². The first-order valence-electron chi connectivity index (χ1n) is 6.59. The quantitative estimate of drug-likeness (QED) is 0.665. The molecule has 3 aromatic rings. The van der Waals surface area contributed by atoms with Crippen LogP contribution in [0.15, 0.2) is 29.6 Å². The fourth-order valence-corrected chi connectivity index (χ4v) is 3.85. The number of aromatic nitrogens is 2. The van der Waals surface area contributed by atoms with Gasteiger partial charge in [-0.05, 0) is 40.3 Å². The highest BCUT2D eigenvalue weighted by Crippen LogP contribution is 2.27. The van der Waals surface area contributed by atoms with Crippen LogP contribution in [0.5, 0.6) is 0 Å². The van der Waals surface area contributed by atoms with E-state index >= 15 is 0 Å². The second-order valence-corrected chi connectivity index (χ2v) is 6.32. The van der Waals surface area contributed by atoms with Gasteiger partial charge < -0.3 is 0 Å². The number of fused-ring (bicyclic) bond motifs is 1. The Bertz CT molecular complexity index is 745. The molecule has 0 fully saturated rings. The summed E-state index contributed by atoms with van der Waals surface area (Å²) >= 11 is 2.91. The molecule has 0 radical (unpaired) electrons. The number of hydrogen-bond donors (Lipinski definition) is 0. The lowest BCUT2D eigenvalue weighted by atomic mass is 10.1. The second-order valence-electron chi connectivity index (χ2n) is 4.66. The first kappa shape index (κ1) is 13.4. The Kier molecular flexibility index (Phi) is 3.89. The Hall–Kier alpha value is -1.59. The van der Waals surface area contributed by atoms with Crippen molar-refractivity contribution in [2.45, 2.75) is 26.2 Å². The largest absolute Gasteiger partial charge is 0.293 e. The normalized spacial score (nSPS) is 11.1. The summed E-state index contributed by atoms with van der Waals surface area (Å²) in [6.45, 7) is 2.08. The van der Waals surface area contributed by atoms with Crippen LogP contribution in [0.3, 0.4) is 0 Å². The number of hydrogen-bond acceptors (Lipinski definition) is 5. The van der Waals surface area contributed by atoms with Gasteiger partial charge in [0, 0.05) is 11.1 Å². The number of ketones is 1. The van der Waals surface area contributed by atoms with Crippen LogP contribution in [0, 0.1) is 0 Å². The minimum atomic E-state index is 0.131. The molecule has 0 unspecified atom stereocenters. The molecule has 0 saturated heterocycles. The van der Waals surface area contributed by atoms with Crippen LogP contribution in [0.1, 0.15) is 34.3 Å². The molecule has 0 aliphatic rings. The van der Waals surface area contributed by atoms with Crippen molar-refractivity contribution in [1.82, 2.24) is 9.59 Å². The summed E-state index contributed by atoms with van der Waals surface area (Å²) in [4.78, 5) is 13.2. The summed E-state index contributed by atoms with van der Waals surface area (Å²) in [7, 11) is 0. The number of carbonyl (C=O) groups is 1. The van der Waals surface area contributed by atoms with Crippen molar-refractivity contribution in [3.63, 3.8) is 0 Å². The molecule has 0 aliphatic heterocycles. The maximum absolute atomic E-state index is 12.4. The summed E-state index contributed by atoms with van der Waals surface area (Å²) in [6, 6.07) is 8.20. The molecule has 3 nitrogen and oxygen atoms in total. The van der Waals surface area contributed by atoms with Crippen molar-refractivity contribution in [1.29, 1.82) is 0 Å². The highest BCUT2D eigenvalue weighted by Gasteiger charge is 2.17. The van der Waals surface area contributed by atoms with Crippen LogP contribution in [0.25, 0.3) is 10.1 Å². The third-order valence-corrected chi connectivity index (χ3v) is 5.03. The molecule has 0 atom stereocenters. The number of rotatable bonds is 5. The molecule has 2 heterocycles. The van der Waals surface area contributed by atoms with Gasteiger partial charge >= 0.3 is 0 Å². The van der Waals surface area contributed by atoms with E-state index in [-0.39, 0.29) is 5.78 Å². The zero-order valence-corrected chi connectivity index (χ0v) is 12.8. The zero-order valence-electron chi connectivity index (χ0n) is 11.1. The van der Waals surface area contributed by atoms with E-state index in [2.05, 4.69) is 34.0 Å². The molecule has 102 valence electrons. The highest BCUT2D eigenvalue weighted by atomic mass is 32.1. The van der Waals surface area contributed by atoms with Crippen LogP contribution in [0.2, 0.25) is 0 Å². The molecular weight excluding hydrogens is 288 g/mol. The third-order valence-electron chi connectivity index (χ3n) is 3.21. The molecule has 5 heteroatoms. The first-order valence-corrected chi connectivity index (χ1v) is 8.24. The number of benzene rings is 1. The maximum Gasteiger partial charge on any atom is 0.180 e. The van der Waals surface area contributed by atoms with Crippen LogP contribution in [0.4, 0.5) is 0 Å². The average molecular weight is 302 g/mol. The van der Waals surface area contributed by atoms with Crippen molar-refractivity contribution in [3.8, 4) is 0 Å².